The van der Waals surface area contributed by atoms with Crippen LogP contribution < -0.4 is 10.6 Å². The second-order valence-corrected chi connectivity index (χ2v) is 8.19. The molecule has 7 nitrogen and oxygen atoms in total. The normalized spacial score (nSPS) is 18.4. The number of ether oxygens (including phenoxy) is 1. The van der Waals surface area contributed by atoms with Gasteiger partial charge in [-0.25, -0.2) is 4.99 Å². The number of amides is 1. The highest BCUT2D eigenvalue weighted by molar-refractivity contribution is 14.0. The molecular formula is C23H38IN5O2. The van der Waals surface area contributed by atoms with Crippen LogP contribution in [0.1, 0.15) is 37.3 Å². The lowest BCUT2D eigenvalue weighted by Gasteiger charge is -2.34. The quantitative estimate of drug-likeness (QED) is 0.314. The average Bonchev–Trinajstić information content (AvgIpc) is 2.78. The summed E-state index contributed by atoms with van der Waals surface area (Å²) in [5, 5.41) is 6.18. The van der Waals surface area contributed by atoms with Gasteiger partial charge in [-0.15, -0.1) is 24.0 Å². The Kier molecular flexibility index (Phi) is 11.6. The molecule has 3 rings (SSSR count). The summed E-state index contributed by atoms with van der Waals surface area (Å²) in [6, 6.07) is 8.77. The van der Waals surface area contributed by atoms with Gasteiger partial charge in [-0.05, 0) is 36.8 Å². The molecule has 8 heteroatoms. The fraction of sp³-hybridized carbons (Fsp3) is 0.652. The predicted octanol–water partition coefficient (Wildman–Crippen LogP) is 2.45. The highest BCUT2D eigenvalue weighted by Gasteiger charge is 2.23. The van der Waals surface area contributed by atoms with Gasteiger partial charge in [0.15, 0.2) is 5.96 Å². The molecule has 2 fully saturated rings. The number of carbonyl (C=O) groups is 1. The van der Waals surface area contributed by atoms with Crippen molar-refractivity contribution < 1.29 is 9.53 Å². The van der Waals surface area contributed by atoms with Gasteiger partial charge in [-0.1, -0.05) is 24.3 Å². The summed E-state index contributed by atoms with van der Waals surface area (Å²) in [4.78, 5) is 21.3. The number of piperidine rings is 1. The van der Waals surface area contributed by atoms with Crippen LogP contribution in [0, 0.1) is 5.92 Å². The van der Waals surface area contributed by atoms with E-state index in [1.54, 1.807) is 7.05 Å². The van der Waals surface area contributed by atoms with Crippen molar-refractivity contribution in [1.82, 2.24) is 20.4 Å². The summed E-state index contributed by atoms with van der Waals surface area (Å²) in [5.41, 5.74) is 2.58. The molecular weight excluding hydrogens is 505 g/mol. The lowest BCUT2D eigenvalue weighted by molar-refractivity contribution is -0.121. The highest BCUT2D eigenvalue weighted by Crippen LogP contribution is 2.20. The molecule has 1 aromatic carbocycles. The van der Waals surface area contributed by atoms with Crippen molar-refractivity contribution in [1.29, 1.82) is 0 Å². The zero-order chi connectivity index (χ0) is 21.2. The summed E-state index contributed by atoms with van der Waals surface area (Å²) in [6.45, 7) is 10.2. The largest absolute Gasteiger partial charge is 0.379 e. The van der Waals surface area contributed by atoms with E-state index in [0.717, 1.165) is 71.3 Å². The van der Waals surface area contributed by atoms with E-state index in [9.17, 15) is 4.79 Å². The predicted molar refractivity (Wildman–Crippen MR) is 136 cm³/mol. The van der Waals surface area contributed by atoms with Gasteiger partial charge < -0.3 is 20.3 Å². The number of hydrogen-bond donors (Lipinski definition) is 2. The summed E-state index contributed by atoms with van der Waals surface area (Å²) >= 11 is 0. The molecule has 0 radical (unpaired) electrons. The van der Waals surface area contributed by atoms with E-state index in [2.05, 4.69) is 51.6 Å². The first kappa shape index (κ1) is 25.9. The first-order valence-electron chi connectivity index (χ1n) is 11.3. The number of likely N-dealkylation sites (tertiary alicyclic amines) is 1. The third kappa shape index (κ3) is 8.57. The zero-order valence-electron chi connectivity index (χ0n) is 18.9. The van der Waals surface area contributed by atoms with Gasteiger partial charge in [0.05, 0.1) is 19.8 Å². The van der Waals surface area contributed by atoms with E-state index in [4.69, 9.17) is 9.73 Å². The van der Waals surface area contributed by atoms with Crippen LogP contribution in [0.5, 0.6) is 0 Å². The van der Waals surface area contributed by atoms with Crippen molar-refractivity contribution in [2.75, 3.05) is 53.0 Å². The molecule has 0 aromatic heterocycles. The number of nitrogens with zero attached hydrogens (tertiary/aromatic N) is 3. The Hall–Kier alpha value is -1.39. The summed E-state index contributed by atoms with van der Waals surface area (Å²) < 4.78 is 5.45. The van der Waals surface area contributed by atoms with E-state index < -0.39 is 0 Å². The van der Waals surface area contributed by atoms with Crippen LogP contribution in [-0.4, -0.2) is 74.7 Å². The average molecular weight is 543 g/mol. The number of halogens is 1. The number of morpholine rings is 1. The molecule has 0 unspecified atom stereocenters. The Labute approximate surface area is 204 Å². The molecule has 0 aliphatic carbocycles. The molecule has 1 aromatic rings. The molecule has 31 heavy (non-hydrogen) atoms. The van der Waals surface area contributed by atoms with E-state index >= 15 is 0 Å². The third-order valence-electron chi connectivity index (χ3n) is 5.91. The van der Waals surface area contributed by atoms with Gasteiger partial charge in [-0.3, -0.25) is 9.69 Å². The Morgan fingerprint density at radius 1 is 1.16 bits per heavy atom. The Morgan fingerprint density at radius 3 is 2.55 bits per heavy atom. The Bertz CT molecular complexity index is 701. The van der Waals surface area contributed by atoms with E-state index in [1.165, 1.54) is 11.1 Å². The molecule has 2 aliphatic rings. The first-order valence-corrected chi connectivity index (χ1v) is 11.3. The molecule has 2 aliphatic heterocycles. The van der Waals surface area contributed by atoms with Gasteiger partial charge >= 0.3 is 0 Å². The van der Waals surface area contributed by atoms with Crippen molar-refractivity contribution in [3.05, 3.63) is 35.4 Å². The fourth-order valence-corrected chi connectivity index (χ4v) is 4.15. The molecule has 174 valence electrons. The topological polar surface area (TPSA) is 69.2 Å². The molecule has 2 N–H and O–H groups in total. The molecule has 2 saturated heterocycles. The molecule has 0 spiro atoms. The monoisotopic (exact) mass is 543 g/mol. The Morgan fingerprint density at radius 2 is 1.87 bits per heavy atom. The van der Waals surface area contributed by atoms with Gasteiger partial charge in [0.25, 0.3) is 0 Å². The number of aliphatic imine (C=N–C) groups is 1. The van der Waals surface area contributed by atoms with Crippen LogP contribution in [0.2, 0.25) is 0 Å². The molecule has 0 saturated carbocycles. The van der Waals surface area contributed by atoms with E-state index in [1.807, 2.05) is 0 Å². The first-order chi connectivity index (χ1) is 14.7. The lowest BCUT2D eigenvalue weighted by Crippen LogP contribution is -2.46. The van der Waals surface area contributed by atoms with E-state index in [0.29, 0.717) is 18.9 Å². The molecule has 1 amide bonds. The Balaban J connectivity index is 0.00000341. The third-order valence-corrected chi connectivity index (χ3v) is 5.91. The maximum atomic E-state index is 11.6. The number of guanidine groups is 1. The standard InChI is InChI=1S/C23H37N5O2.HI/c1-3-25-23(28-9-7-19(8-10-28)16-22(29)24-2)26-17-20-5-4-6-21(15-20)18-27-11-13-30-14-12-27;/h4-6,15,19H,3,7-14,16-18H2,1-2H3,(H,24,29)(H,25,26);1H. The van der Waals surface area contributed by atoms with Gasteiger partial charge in [0, 0.05) is 52.7 Å². The van der Waals surface area contributed by atoms with Gasteiger partial charge in [0.1, 0.15) is 0 Å². The van der Waals surface area contributed by atoms with Crippen molar-refractivity contribution in [3.63, 3.8) is 0 Å². The van der Waals surface area contributed by atoms with Crippen LogP contribution in [-0.2, 0) is 22.6 Å². The van der Waals surface area contributed by atoms with Crippen molar-refractivity contribution in [2.45, 2.75) is 39.3 Å². The van der Waals surface area contributed by atoms with Crippen LogP contribution in [0.15, 0.2) is 29.3 Å². The minimum absolute atomic E-state index is 0. The number of carbonyl (C=O) groups excluding carboxylic acids is 1. The molecule has 2 heterocycles. The smallest absolute Gasteiger partial charge is 0.220 e. The number of rotatable bonds is 7. The summed E-state index contributed by atoms with van der Waals surface area (Å²) in [7, 11) is 1.71. The van der Waals surface area contributed by atoms with Crippen molar-refractivity contribution >= 4 is 35.8 Å². The fourth-order valence-electron chi connectivity index (χ4n) is 4.15. The van der Waals surface area contributed by atoms with Gasteiger partial charge in [-0.2, -0.15) is 0 Å². The minimum Gasteiger partial charge on any atom is -0.379 e. The van der Waals surface area contributed by atoms with E-state index in [-0.39, 0.29) is 29.9 Å². The van der Waals surface area contributed by atoms with Crippen LogP contribution >= 0.6 is 24.0 Å². The van der Waals surface area contributed by atoms with Crippen LogP contribution in [0.3, 0.4) is 0 Å². The van der Waals surface area contributed by atoms with Crippen molar-refractivity contribution in [2.24, 2.45) is 10.9 Å². The second-order valence-electron chi connectivity index (χ2n) is 8.19. The number of hydrogen-bond acceptors (Lipinski definition) is 4. The zero-order valence-corrected chi connectivity index (χ0v) is 21.3. The highest BCUT2D eigenvalue weighted by atomic mass is 127. The summed E-state index contributed by atoms with van der Waals surface area (Å²) in [6.07, 6.45) is 2.70. The number of benzene rings is 1. The number of nitrogens with one attached hydrogen (secondary N) is 2. The maximum absolute atomic E-state index is 11.6. The molecule has 0 bridgehead atoms. The molecule has 0 atom stereocenters. The second kappa shape index (κ2) is 13.9. The van der Waals surface area contributed by atoms with Crippen LogP contribution in [0.4, 0.5) is 0 Å². The van der Waals surface area contributed by atoms with Crippen LogP contribution in [0.25, 0.3) is 0 Å². The van der Waals surface area contributed by atoms with Gasteiger partial charge in [0.2, 0.25) is 5.91 Å². The maximum Gasteiger partial charge on any atom is 0.220 e. The minimum atomic E-state index is 0. The SMILES string of the molecule is CCNC(=NCc1cccc(CN2CCOCC2)c1)N1CCC(CC(=O)NC)CC1.I. The lowest BCUT2D eigenvalue weighted by atomic mass is 9.93. The summed E-state index contributed by atoms with van der Waals surface area (Å²) in [5.74, 6) is 1.60. The van der Waals surface area contributed by atoms with Crippen molar-refractivity contribution in [3.8, 4) is 0 Å².